The van der Waals surface area contributed by atoms with Crippen LogP contribution in [-0.2, 0) is 23.1 Å². The molecule has 0 aromatic heterocycles. The van der Waals surface area contributed by atoms with E-state index in [1.165, 1.54) is 18.4 Å². The lowest BCUT2D eigenvalue weighted by Crippen LogP contribution is -2.25. The van der Waals surface area contributed by atoms with Crippen molar-refractivity contribution in [2.24, 2.45) is 0 Å². The van der Waals surface area contributed by atoms with Crippen molar-refractivity contribution in [1.29, 1.82) is 0 Å². The maximum Gasteiger partial charge on any atom is 0.261 e. The molecule has 2 N–H and O–H groups in total. The fourth-order valence-corrected chi connectivity index (χ4v) is 5.22. The van der Waals surface area contributed by atoms with Crippen LogP contribution in [0.15, 0.2) is 77.7 Å². The lowest BCUT2D eigenvalue weighted by atomic mass is 10.1. The fourth-order valence-electron chi connectivity index (χ4n) is 4.07. The predicted molar refractivity (Wildman–Crippen MR) is 131 cm³/mol. The second-order valence-corrected chi connectivity index (χ2v) is 10.1. The van der Waals surface area contributed by atoms with Crippen molar-refractivity contribution in [2.45, 2.75) is 37.8 Å². The zero-order chi connectivity index (χ0) is 23.3. The van der Waals surface area contributed by atoms with Crippen LogP contribution in [0.4, 0.5) is 5.69 Å². The third kappa shape index (κ3) is 5.80. The summed E-state index contributed by atoms with van der Waals surface area (Å²) >= 11 is 0. The number of hydrogen-bond acceptors (Lipinski definition) is 4. The average molecular weight is 464 g/mol. The summed E-state index contributed by atoms with van der Waals surface area (Å²) in [4.78, 5) is 15.4. The van der Waals surface area contributed by atoms with E-state index in [1.807, 2.05) is 12.1 Å². The minimum atomic E-state index is -3.68. The maximum absolute atomic E-state index is 12.8. The quantitative estimate of drug-likeness (QED) is 0.521. The van der Waals surface area contributed by atoms with Crippen LogP contribution >= 0.6 is 0 Å². The van der Waals surface area contributed by atoms with Gasteiger partial charge in [0.1, 0.15) is 0 Å². The molecular formula is C26H29N3O3S. The molecule has 33 heavy (non-hydrogen) atoms. The molecule has 3 aromatic carbocycles. The monoisotopic (exact) mass is 463 g/mol. The van der Waals surface area contributed by atoms with Gasteiger partial charge in [-0.2, -0.15) is 0 Å². The van der Waals surface area contributed by atoms with Crippen LogP contribution in [0.1, 0.15) is 39.9 Å². The lowest BCUT2D eigenvalue weighted by molar-refractivity contribution is 0.0950. The van der Waals surface area contributed by atoms with E-state index in [9.17, 15) is 13.2 Å². The first kappa shape index (κ1) is 23.0. The van der Waals surface area contributed by atoms with Crippen molar-refractivity contribution in [3.8, 4) is 0 Å². The topological polar surface area (TPSA) is 78.5 Å². The molecule has 0 unspecified atom stereocenters. The Morgan fingerprint density at radius 2 is 1.58 bits per heavy atom. The van der Waals surface area contributed by atoms with Gasteiger partial charge in [-0.3, -0.25) is 14.4 Å². The molecule has 0 spiro atoms. The second-order valence-electron chi connectivity index (χ2n) is 8.38. The van der Waals surface area contributed by atoms with Crippen molar-refractivity contribution in [2.75, 3.05) is 17.8 Å². The third-order valence-corrected chi connectivity index (χ3v) is 7.32. The highest BCUT2D eigenvalue weighted by Crippen LogP contribution is 2.21. The van der Waals surface area contributed by atoms with Gasteiger partial charge in [0.05, 0.1) is 10.6 Å². The number of hydrogen-bond donors (Lipinski definition) is 2. The number of benzene rings is 3. The van der Waals surface area contributed by atoms with Crippen molar-refractivity contribution < 1.29 is 13.2 Å². The van der Waals surface area contributed by atoms with Crippen LogP contribution in [0.5, 0.6) is 0 Å². The van der Waals surface area contributed by atoms with E-state index in [0.717, 1.165) is 25.2 Å². The van der Waals surface area contributed by atoms with E-state index in [1.54, 1.807) is 55.5 Å². The van der Waals surface area contributed by atoms with Crippen molar-refractivity contribution in [3.63, 3.8) is 0 Å². The number of likely N-dealkylation sites (tertiary alicyclic amines) is 1. The van der Waals surface area contributed by atoms with Crippen LogP contribution < -0.4 is 10.0 Å². The Hall–Kier alpha value is -3.16. The SMILES string of the molecule is Cc1cc(C(=O)NCc2ccccc2CN2CCCC2)ccc1NS(=O)(=O)c1ccccc1. The van der Waals surface area contributed by atoms with Crippen LogP contribution in [-0.4, -0.2) is 32.3 Å². The summed E-state index contributed by atoms with van der Waals surface area (Å²) in [5, 5.41) is 3.01. The third-order valence-electron chi connectivity index (χ3n) is 5.94. The first-order valence-electron chi connectivity index (χ1n) is 11.2. The zero-order valence-electron chi connectivity index (χ0n) is 18.8. The first-order valence-corrected chi connectivity index (χ1v) is 12.7. The maximum atomic E-state index is 12.8. The summed E-state index contributed by atoms with van der Waals surface area (Å²) in [7, 11) is -3.68. The molecule has 0 aliphatic carbocycles. The van der Waals surface area contributed by atoms with Crippen LogP contribution in [0.3, 0.4) is 0 Å². The number of sulfonamides is 1. The van der Waals surface area contributed by atoms with E-state index in [0.29, 0.717) is 23.4 Å². The molecule has 0 saturated carbocycles. The van der Waals surface area contributed by atoms with Gasteiger partial charge in [-0.1, -0.05) is 42.5 Å². The number of carbonyl (C=O) groups is 1. The molecule has 1 aliphatic rings. The van der Waals surface area contributed by atoms with Crippen LogP contribution in [0, 0.1) is 6.92 Å². The van der Waals surface area contributed by atoms with Crippen molar-refractivity contribution >= 4 is 21.6 Å². The van der Waals surface area contributed by atoms with E-state index < -0.39 is 10.0 Å². The minimum absolute atomic E-state index is 0.188. The Bertz CT molecular complexity index is 1220. The smallest absolute Gasteiger partial charge is 0.261 e. The normalized spacial score (nSPS) is 14.2. The fraction of sp³-hybridized carbons (Fsp3) is 0.269. The molecule has 1 aliphatic heterocycles. The molecule has 4 rings (SSSR count). The molecule has 3 aromatic rings. The van der Waals surface area contributed by atoms with E-state index in [-0.39, 0.29) is 10.8 Å². The zero-order valence-corrected chi connectivity index (χ0v) is 19.6. The molecule has 1 fully saturated rings. The molecule has 1 saturated heterocycles. The van der Waals surface area contributed by atoms with Gasteiger partial charge in [-0.05, 0) is 79.9 Å². The summed E-state index contributed by atoms with van der Waals surface area (Å²) in [5.74, 6) is -0.188. The molecule has 0 atom stereocenters. The Morgan fingerprint density at radius 1 is 0.909 bits per heavy atom. The molecule has 6 nitrogen and oxygen atoms in total. The Kier molecular flexibility index (Phi) is 7.11. The number of amides is 1. The van der Waals surface area contributed by atoms with Gasteiger partial charge in [-0.25, -0.2) is 8.42 Å². The summed E-state index contributed by atoms with van der Waals surface area (Å²) in [6, 6.07) is 21.4. The van der Waals surface area contributed by atoms with E-state index in [4.69, 9.17) is 0 Å². The number of nitrogens with one attached hydrogen (secondary N) is 2. The number of rotatable bonds is 8. The minimum Gasteiger partial charge on any atom is -0.348 e. The van der Waals surface area contributed by atoms with Crippen molar-refractivity contribution in [1.82, 2.24) is 10.2 Å². The first-order chi connectivity index (χ1) is 15.9. The summed E-state index contributed by atoms with van der Waals surface area (Å²) in [5.41, 5.74) is 3.97. The largest absolute Gasteiger partial charge is 0.348 e. The highest BCUT2D eigenvalue weighted by molar-refractivity contribution is 7.92. The molecular weight excluding hydrogens is 434 g/mol. The standard InChI is InChI=1S/C26H29N3O3S/c1-20-17-21(13-14-25(20)28-33(31,32)24-11-3-2-4-12-24)26(30)27-18-22-9-5-6-10-23(22)19-29-15-7-8-16-29/h2-6,9-14,17,28H,7-8,15-16,18-19H2,1H3,(H,27,30). The number of carbonyl (C=O) groups excluding carboxylic acids is 1. The average Bonchev–Trinajstić information content (AvgIpc) is 3.33. The Labute approximate surface area is 195 Å². The highest BCUT2D eigenvalue weighted by atomic mass is 32.2. The van der Waals surface area contributed by atoms with E-state index >= 15 is 0 Å². The number of nitrogens with zero attached hydrogens (tertiary/aromatic N) is 1. The van der Waals surface area contributed by atoms with Gasteiger partial charge >= 0.3 is 0 Å². The van der Waals surface area contributed by atoms with E-state index in [2.05, 4.69) is 27.1 Å². The molecule has 7 heteroatoms. The van der Waals surface area contributed by atoms with Gasteiger partial charge in [0, 0.05) is 18.7 Å². The number of anilines is 1. The van der Waals surface area contributed by atoms with Crippen molar-refractivity contribution in [3.05, 3.63) is 95.1 Å². The summed E-state index contributed by atoms with van der Waals surface area (Å²) in [6.45, 7) is 5.39. The molecule has 172 valence electrons. The van der Waals surface area contributed by atoms with Crippen LogP contribution in [0.2, 0.25) is 0 Å². The van der Waals surface area contributed by atoms with Gasteiger partial charge < -0.3 is 5.32 Å². The Balaban J connectivity index is 1.41. The predicted octanol–water partition coefficient (Wildman–Crippen LogP) is 4.32. The second kappa shape index (κ2) is 10.2. The molecule has 0 radical (unpaired) electrons. The lowest BCUT2D eigenvalue weighted by Gasteiger charge is -2.18. The van der Waals surface area contributed by atoms with Gasteiger partial charge in [0.25, 0.3) is 15.9 Å². The summed E-state index contributed by atoms with van der Waals surface area (Å²) < 4.78 is 27.8. The molecule has 1 heterocycles. The highest BCUT2D eigenvalue weighted by Gasteiger charge is 2.17. The van der Waals surface area contributed by atoms with Gasteiger partial charge in [-0.15, -0.1) is 0 Å². The van der Waals surface area contributed by atoms with Gasteiger partial charge in [0.2, 0.25) is 0 Å². The van der Waals surface area contributed by atoms with Crippen LogP contribution in [0.25, 0.3) is 0 Å². The summed E-state index contributed by atoms with van der Waals surface area (Å²) in [6.07, 6.45) is 2.49. The molecule has 0 bridgehead atoms. The Morgan fingerprint density at radius 3 is 2.27 bits per heavy atom. The molecule has 1 amide bonds. The van der Waals surface area contributed by atoms with Gasteiger partial charge in [0.15, 0.2) is 0 Å². The number of aryl methyl sites for hydroxylation is 1.